The molecule has 0 amide bonds. The van der Waals surface area contributed by atoms with Crippen molar-refractivity contribution >= 4 is 23.3 Å². The first-order chi connectivity index (χ1) is 7.95. The van der Waals surface area contributed by atoms with Crippen LogP contribution in [0.25, 0.3) is 0 Å². The number of carbonyl (C=O) groups is 1. The van der Waals surface area contributed by atoms with Gasteiger partial charge in [-0.3, -0.25) is 0 Å². The highest BCUT2D eigenvalue weighted by Gasteiger charge is 2.13. The van der Waals surface area contributed by atoms with E-state index in [0.29, 0.717) is 5.69 Å². The van der Waals surface area contributed by atoms with Crippen molar-refractivity contribution in [2.75, 3.05) is 11.9 Å². The van der Waals surface area contributed by atoms with Gasteiger partial charge in [-0.05, 0) is 24.1 Å². The van der Waals surface area contributed by atoms with E-state index in [1.165, 1.54) is 6.07 Å². The molecule has 3 N–H and O–H groups in total. The van der Waals surface area contributed by atoms with Crippen molar-refractivity contribution in [3.05, 3.63) is 28.8 Å². The van der Waals surface area contributed by atoms with Crippen molar-refractivity contribution in [3.63, 3.8) is 0 Å². The van der Waals surface area contributed by atoms with Gasteiger partial charge < -0.3 is 15.5 Å². The Morgan fingerprint density at radius 1 is 1.47 bits per heavy atom. The third-order valence-corrected chi connectivity index (χ3v) is 2.87. The molecule has 0 saturated heterocycles. The average molecular weight is 258 g/mol. The summed E-state index contributed by atoms with van der Waals surface area (Å²) in [5.74, 6) is -0.790. The molecule has 0 spiro atoms. The summed E-state index contributed by atoms with van der Waals surface area (Å²) in [5.41, 5.74) is 0.773. The number of carboxylic acids is 1. The standard InChI is InChI=1S/C12H16ClNO3/c1-7(2)11(6-15)14-8-3-4-9(12(16)17)10(13)5-8/h3-5,7,11,14-15H,6H2,1-2H3,(H,16,17)/t11-/m1/s1. The van der Waals surface area contributed by atoms with E-state index in [9.17, 15) is 9.90 Å². The largest absolute Gasteiger partial charge is 0.478 e. The molecule has 0 aliphatic carbocycles. The van der Waals surface area contributed by atoms with Crippen LogP contribution in [-0.4, -0.2) is 28.8 Å². The summed E-state index contributed by atoms with van der Waals surface area (Å²) in [4.78, 5) is 10.8. The lowest BCUT2D eigenvalue weighted by Gasteiger charge is -2.21. The quantitative estimate of drug-likeness (QED) is 0.758. The Morgan fingerprint density at radius 2 is 2.12 bits per heavy atom. The fourth-order valence-electron chi connectivity index (χ4n) is 1.42. The molecule has 5 heteroatoms. The maximum absolute atomic E-state index is 10.8. The molecule has 0 aliphatic heterocycles. The summed E-state index contributed by atoms with van der Waals surface area (Å²) in [5, 5.41) is 21.3. The monoisotopic (exact) mass is 257 g/mol. The fourth-order valence-corrected chi connectivity index (χ4v) is 1.68. The second-order valence-corrected chi connectivity index (χ2v) is 4.58. The number of aromatic carboxylic acids is 1. The molecule has 0 aromatic heterocycles. The van der Waals surface area contributed by atoms with Gasteiger partial charge in [-0.15, -0.1) is 0 Å². The lowest BCUT2D eigenvalue weighted by Crippen LogP contribution is -2.29. The van der Waals surface area contributed by atoms with Crippen LogP contribution in [-0.2, 0) is 0 Å². The van der Waals surface area contributed by atoms with Crippen molar-refractivity contribution in [3.8, 4) is 0 Å². The highest BCUT2D eigenvalue weighted by atomic mass is 35.5. The van der Waals surface area contributed by atoms with Crippen molar-refractivity contribution in [1.82, 2.24) is 0 Å². The Morgan fingerprint density at radius 3 is 2.53 bits per heavy atom. The van der Waals surface area contributed by atoms with Gasteiger partial charge in [0.1, 0.15) is 0 Å². The zero-order valence-electron chi connectivity index (χ0n) is 9.77. The number of aliphatic hydroxyl groups is 1. The zero-order chi connectivity index (χ0) is 13.0. The third kappa shape index (κ3) is 3.61. The van der Waals surface area contributed by atoms with Gasteiger partial charge in [-0.1, -0.05) is 25.4 Å². The number of benzene rings is 1. The van der Waals surface area contributed by atoms with E-state index in [4.69, 9.17) is 16.7 Å². The number of hydrogen-bond donors (Lipinski definition) is 3. The van der Waals surface area contributed by atoms with E-state index in [-0.39, 0.29) is 29.2 Å². The fraction of sp³-hybridized carbons (Fsp3) is 0.417. The van der Waals surface area contributed by atoms with E-state index in [1.54, 1.807) is 12.1 Å². The summed E-state index contributed by atoms with van der Waals surface area (Å²) < 4.78 is 0. The predicted molar refractivity (Wildman–Crippen MR) is 67.7 cm³/mol. The molecule has 94 valence electrons. The topological polar surface area (TPSA) is 69.6 Å². The van der Waals surface area contributed by atoms with Crippen LogP contribution in [0.5, 0.6) is 0 Å². The predicted octanol–water partition coefficient (Wildman–Crippen LogP) is 2.47. The Balaban J connectivity index is 2.87. The van der Waals surface area contributed by atoms with E-state index in [1.807, 2.05) is 13.8 Å². The van der Waals surface area contributed by atoms with E-state index in [0.717, 1.165) is 0 Å². The number of hydrogen-bond acceptors (Lipinski definition) is 3. The maximum Gasteiger partial charge on any atom is 0.337 e. The van der Waals surface area contributed by atoms with E-state index in [2.05, 4.69) is 5.32 Å². The number of anilines is 1. The number of rotatable bonds is 5. The van der Waals surface area contributed by atoms with Crippen LogP contribution >= 0.6 is 11.6 Å². The summed E-state index contributed by atoms with van der Waals surface area (Å²) >= 11 is 5.85. The van der Waals surface area contributed by atoms with Gasteiger partial charge in [-0.2, -0.15) is 0 Å². The minimum atomic E-state index is -1.05. The molecule has 1 atom stereocenters. The highest BCUT2D eigenvalue weighted by Crippen LogP contribution is 2.22. The molecule has 0 bridgehead atoms. The minimum absolute atomic E-state index is 0.00989. The average Bonchev–Trinajstić information content (AvgIpc) is 2.24. The van der Waals surface area contributed by atoms with Crippen molar-refractivity contribution in [1.29, 1.82) is 0 Å². The second-order valence-electron chi connectivity index (χ2n) is 4.18. The smallest absolute Gasteiger partial charge is 0.337 e. The molecule has 0 aliphatic rings. The third-order valence-electron chi connectivity index (χ3n) is 2.55. The van der Waals surface area contributed by atoms with Crippen LogP contribution in [0.2, 0.25) is 5.02 Å². The molecule has 0 fully saturated rings. The lowest BCUT2D eigenvalue weighted by atomic mass is 10.0. The minimum Gasteiger partial charge on any atom is -0.478 e. The number of aliphatic hydroxyl groups excluding tert-OH is 1. The number of halogens is 1. The molecular formula is C12H16ClNO3. The van der Waals surface area contributed by atoms with Gasteiger partial charge in [0.2, 0.25) is 0 Å². The van der Waals surface area contributed by atoms with Gasteiger partial charge >= 0.3 is 5.97 Å². The summed E-state index contributed by atoms with van der Waals surface area (Å²) in [7, 11) is 0. The van der Waals surface area contributed by atoms with Crippen LogP contribution in [0, 0.1) is 5.92 Å². The molecule has 1 aromatic rings. The van der Waals surface area contributed by atoms with Gasteiger partial charge in [0.05, 0.1) is 23.2 Å². The van der Waals surface area contributed by atoms with Crippen LogP contribution in [0.15, 0.2) is 18.2 Å². The first-order valence-corrected chi connectivity index (χ1v) is 5.73. The molecule has 0 saturated carbocycles. The molecule has 0 heterocycles. The Hall–Kier alpha value is -1.26. The van der Waals surface area contributed by atoms with Gasteiger partial charge in [0.15, 0.2) is 0 Å². The Labute approximate surface area is 105 Å². The molecule has 0 unspecified atom stereocenters. The van der Waals surface area contributed by atoms with Crippen molar-refractivity contribution < 1.29 is 15.0 Å². The van der Waals surface area contributed by atoms with Crippen LogP contribution < -0.4 is 5.32 Å². The van der Waals surface area contributed by atoms with Gasteiger partial charge in [0, 0.05) is 5.69 Å². The lowest BCUT2D eigenvalue weighted by molar-refractivity contribution is 0.0697. The van der Waals surface area contributed by atoms with Crippen LogP contribution in [0.4, 0.5) is 5.69 Å². The van der Waals surface area contributed by atoms with E-state index < -0.39 is 5.97 Å². The SMILES string of the molecule is CC(C)[C@@H](CO)Nc1ccc(C(=O)O)c(Cl)c1. The second kappa shape index (κ2) is 5.89. The number of nitrogens with one attached hydrogen (secondary N) is 1. The number of carboxylic acid groups (broad SMARTS) is 1. The molecular weight excluding hydrogens is 242 g/mol. The summed E-state index contributed by atoms with van der Waals surface area (Å²) in [6.07, 6.45) is 0. The van der Waals surface area contributed by atoms with Gasteiger partial charge in [-0.25, -0.2) is 4.79 Å². The Kier molecular flexibility index (Phi) is 4.78. The molecule has 4 nitrogen and oxygen atoms in total. The molecule has 17 heavy (non-hydrogen) atoms. The van der Waals surface area contributed by atoms with Crippen molar-refractivity contribution in [2.45, 2.75) is 19.9 Å². The molecule has 0 radical (unpaired) electrons. The van der Waals surface area contributed by atoms with Gasteiger partial charge in [0.25, 0.3) is 0 Å². The van der Waals surface area contributed by atoms with E-state index >= 15 is 0 Å². The summed E-state index contributed by atoms with van der Waals surface area (Å²) in [6.45, 7) is 3.98. The van der Waals surface area contributed by atoms with Crippen LogP contribution in [0.3, 0.4) is 0 Å². The maximum atomic E-state index is 10.8. The van der Waals surface area contributed by atoms with Crippen molar-refractivity contribution in [2.24, 2.45) is 5.92 Å². The summed E-state index contributed by atoms with van der Waals surface area (Å²) in [6, 6.07) is 4.56. The molecule has 1 aromatic carbocycles. The normalized spacial score (nSPS) is 12.5. The first-order valence-electron chi connectivity index (χ1n) is 5.36. The zero-order valence-corrected chi connectivity index (χ0v) is 10.5. The highest BCUT2D eigenvalue weighted by molar-refractivity contribution is 6.33. The molecule has 1 rings (SSSR count). The van der Waals surface area contributed by atoms with Crippen LogP contribution in [0.1, 0.15) is 24.2 Å². The Bertz CT molecular complexity index is 407. The first kappa shape index (κ1) is 13.8.